The molecule has 6 nitrogen and oxygen atoms in total. The lowest BCUT2D eigenvalue weighted by Crippen LogP contribution is -2.52. The molecule has 0 radical (unpaired) electrons. The van der Waals surface area contributed by atoms with Crippen molar-refractivity contribution in [2.24, 2.45) is 11.8 Å². The van der Waals surface area contributed by atoms with Crippen molar-refractivity contribution in [3.8, 4) is 0 Å². The van der Waals surface area contributed by atoms with Gasteiger partial charge in [-0.15, -0.1) is 0 Å². The first-order valence-corrected chi connectivity index (χ1v) is 14.6. The second-order valence-corrected chi connectivity index (χ2v) is 11.3. The number of fused-ring (bicyclic) bond motifs is 2. The van der Waals surface area contributed by atoms with Gasteiger partial charge in [-0.3, -0.25) is 29.0 Å². The van der Waals surface area contributed by atoms with E-state index >= 15 is 0 Å². The number of halogens is 1. The van der Waals surface area contributed by atoms with Crippen molar-refractivity contribution in [2.45, 2.75) is 5.92 Å². The molecule has 2 atom stereocenters. The molecule has 7 rings (SSSR count). The zero-order chi connectivity index (χ0) is 30.4. The molecular weight excluding hydrogens is 572 g/mol. The predicted octanol–water partition coefficient (Wildman–Crippen LogP) is 7.78. The monoisotopic (exact) mass is 596 g/mol. The number of nitrogens with zero attached hydrogens (tertiary/aromatic N) is 2. The highest BCUT2D eigenvalue weighted by Crippen LogP contribution is 2.48. The summed E-state index contributed by atoms with van der Waals surface area (Å²) < 4.78 is 0. The molecule has 2 heterocycles. The van der Waals surface area contributed by atoms with Gasteiger partial charge in [-0.2, -0.15) is 0 Å². The van der Waals surface area contributed by atoms with Gasteiger partial charge in [0.25, 0.3) is 0 Å². The largest absolute Gasteiger partial charge is 0.293 e. The molecule has 0 aliphatic carbocycles. The maximum absolute atomic E-state index is 14.7. The highest BCUT2D eigenvalue weighted by Gasteiger charge is 2.53. The van der Waals surface area contributed by atoms with Crippen LogP contribution in [0.2, 0.25) is 5.02 Å². The number of carbonyl (C=O) groups is 4. The van der Waals surface area contributed by atoms with Gasteiger partial charge in [0.1, 0.15) is 11.8 Å². The molecule has 214 valence electrons. The number of ketones is 2. The summed E-state index contributed by atoms with van der Waals surface area (Å²) in [4.78, 5) is 61.2. The van der Waals surface area contributed by atoms with Crippen LogP contribution in [-0.4, -0.2) is 23.4 Å². The third kappa shape index (κ3) is 4.43. The Morgan fingerprint density at radius 3 is 1.30 bits per heavy atom. The van der Waals surface area contributed by atoms with Crippen LogP contribution in [0.25, 0.3) is 0 Å². The standard InChI is InChI=1S/C37H25ClN2O4/c38-24-21-19-23(20-22-24)31(32-34(41)27-15-7-9-17-29(27)39(36(32)43)25-11-3-1-4-12-25)33-35(42)28-16-8-10-18-30(28)40(37(33)44)26-13-5-2-6-14-26/h1-22,31-33H. The van der Waals surface area contributed by atoms with Gasteiger partial charge in [-0.1, -0.05) is 84.4 Å². The molecule has 2 amide bonds. The first-order valence-electron chi connectivity index (χ1n) is 14.3. The van der Waals surface area contributed by atoms with Crippen LogP contribution in [0.3, 0.4) is 0 Å². The van der Waals surface area contributed by atoms with Crippen molar-refractivity contribution in [1.29, 1.82) is 0 Å². The van der Waals surface area contributed by atoms with Crippen LogP contribution in [-0.2, 0) is 9.59 Å². The van der Waals surface area contributed by atoms with E-state index in [4.69, 9.17) is 11.6 Å². The second-order valence-electron chi connectivity index (χ2n) is 10.8. The topological polar surface area (TPSA) is 74.8 Å². The van der Waals surface area contributed by atoms with E-state index in [1.165, 1.54) is 9.80 Å². The Bertz CT molecular complexity index is 1810. The molecule has 2 aliphatic rings. The molecule has 0 saturated carbocycles. The number of rotatable bonds is 5. The summed E-state index contributed by atoms with van der Waals surface area (Å²) in [6, 6.07) is 38.7. The third-order valence-corrected chi connectivity index (χ3v) is 8.61. The quantitative estimate of drug-likeness (QED) is 0.194. The highest BCUT2D eigenvalue weighted by atomic mass is 35.5. The molecule has 44 heavy (non-hydrogen) atoms. The first kappa shape index (κ1) is 27.5. The molecular formula is C37H25ClN2O4. The Morgan fingerprint density at radius 2 is 0.864 bits per heavy atom. The average Bonchev–Trinajstić information content (AvgIpc) is 3.06. The zero-order valence-electron chi connectivity index (χ0n) is 23.3. The molecule has 2 aliphatic heterocycles. The number of hydrogen-bond donors (Lipinski definition) is 0. The van der Waals surface area contributed by atoms with Gasteiger partial charge in [-0.05, 0) is 66.2 Å². The number of hydrogen-bond acceptors (Lipinski definition) is 4. The molecule has 5 aromatic carbocycles. The second kappa shape index (κ2) is 11.1. The lowest BCUT2D eigenvalue weighted by molar-refractivity contribution is -0.123. The number of anilines is 4. The first-order chi connectivity index (χ1) is 21.5. The van der Waals surface area contributed by atoms with E-state index in [2.05, 4.69) is 0 Å². The smallest absolute Gasteiger partial charge is 0.243 e. The van der Waals surface area contributed by atoms with E-state index in [0.717, 1.165) is 0 Å². The van der Waals surface area contributed by atoms with Gasteiger partial charge in [0.05, 0.1) is 11.4 Å². The molecule has 0 fully saturated rings. The predicted molar refractivity (Wildman–Crippen MR) is 170 cm³/mol. The fourth-order valence-corrected chi connectivity index (χ4v) is 6.54. The summed E-state index contributed by atoms with van der Waals surface area (Å²) in [6.45, 7) is 0. The number of carbonyl (C=O) groups excluding carboxylic acids is 4. The summed E-state index contributed by atoms with van der Waals surface area (Å²) in [5, 5.41) is 0.447. The van der Waals surface area contributed by atoms with E-state index in [1.807, 2.05) is 36.4 Å². The molecule has 2 unspecified atom stereocenters. The fraction of sp³-hybridized carbons (Fsp3) is 0.0811. The van der Waals surface area contributed by atoms with E-state index < -0.39 is 41.1 Å². The fourth-order valence-electron chi connectivity index (χ4n) is 6.41. The summed E-state index contributed by atoms with van der Waals surface area (Å²) in [5.41, 5.74) is 3.25. The number of amides is 2. The van der Waals surface area contributed by atoms with Crippen LogP contribution >= 0.6 is 11.6 Å². The molecule has 7 heteroatoms. The zero-order valence-corrected chi connectivity index (χ0v) is 24.1. The number of benzene rings is 5. The lowest BCUT2D eigenvalue weighted by Gasteiger charge is -2.41. The van der Waals surface area contributed by atoms with E-state index in [-0.39, 0.29) is 0 Å². The number of para-hydroxylation sites is 4. The van der Waals surface area contributed by atoms with Gasteiger partial charge in [0.2, 0.25) is 11.8 Å². The van der Waals surface area contributed by atoms with Crippen LogP contribution in [0.15, 0.2) is 133 Å². The van der Waals surface area contributed by atoms with Crippen LogP contribution < -0.4 is 9.80 Å². The molecule has 0 spiro atoms. The van der Waals surface area contributed by atoms with Crippen molar-refractivity contribution in [2.75, 3.05) is 9.80 Å². The summed E-state index contributed by atoms with van der Waals surface area (Å²) in [5.74, 6) is -5.76. The van der Waals surface area contributed by atoms with Crippen molar-refractivity contribution in [1.82, 2.24) is 0 Å². The van der Waals surface area contributed by atoms with Gasteiger partial charge < -0.3 is 0 Å². The summed E-state index contributed by atoms with van der Waals surface area (Å²) in [6.07, 6.45) is 0. The molecule has 0 saturated heterocycles. The van der Waals surface area contributed by atoms with Crippen LogP contribution in [0.5, 0.6) is 0 Å². The Morgan fingerprint density at radius 1 is 0.477 bits per heavy atom. The Balaban J connectivity index is 1.46. The Kier molecular flexibility index (Phi) is 6.91. The van der Waals surface area contributed by atoms with Gasteiger partial charge >= 0.3 is 0 Å². The molecule has 0 bridgehead atoms. The van der Waals surface area contributed by atoms with Crippen molar-refractivity contribution in [3.05, 3.63) is 155 Å². The highest BCUT2D eigenvalue weighted by molar-refractivity contribution is 6.31. The SMILES string of the molecule is O=C1c2ccccc2N(c2ccccc2)C(=O)C1C(c1ccc(Cl)cc1)C1C(=O)c2ccccc2N(c2ccccc2)C1=O. The van der Waals surface area contributed by atoms with Crippen molar-refractivity contribution >= 4 is 57.7 Å². The third-order valence-electron chi connectivity index (χ3n) is 8.36. The number of Topliss-reactive ketones (excluding diaryl/α,β-unsaturated/α-hetero) is 2. The average molecular weight is 597 g/mol. The van der Waals surface area contributed by atoms with E-state index in [0.29, 0.717) is 44.5 Å². The molecule has 5 aromatic rings. The normalized spacial score (nSPS) is 18.6. The molecule has 0 N–H and O–H groups in total. The lowest BCUT2D eigenvalue weighted by atomic mass is 9.68. The summed E-state index contributed by atoms with van der Waals surface area (Å²) >= 11 is 6.26. The minimum atomic E-state index is -1.37. The maximum Gasteiger partial charge on any atom is 0.243 e. The van der Waals surface area contributed by atoms with Crippen molar-refractivity contribution < 1.29 is 19.2 Å². The minimum absolute atomic E-state index is 0.343. The van der Waals surface area contributed by atoms with Gasteiger partial charge in [-0.25, -0.2) is 0 Å². The van der Waals surface area contributed by atoms with Crippen LogP contribution in [0.4, 0.5) is 22.7 Å². The molecule has 0 aromatic heterocycles. The van der Waals surface area contributed by atoms with Crippen LogP contribution in [0.1, 0.15) is 32.2 Å². The van der Waals surface area contributed by atoms with Gasteiger partial charge in [0, 0.05) is 33.4 Å². The minimum Gasteiger partial charge on any atom is -0.293 e. The van der Waals surface area contributed by atoms with E-state index in [9.17, 15) is 19.2 Å². The Hall–Kier alpha value is -5.33. The summed E-state index contributed by atoms with van der Waals surface area (Å²) in [7, 11) is 0. The Labute approximate surface area is 259 Å². The maximum atomic E-state index is 14.7. The van der Waals surface area contributed by atoms with Crippen molar-refractivity contribution in [3.63, 3.8) is 0 Å². The van der Waals surface area contributed by atoms with E-state index in [1.54, 1.807) is 97.1 Å². The van der Waals surface area contributed by atoms with Gasteiger partial charge in [0.15, 0.2) is 11.6 Å². The van der Waals surface area contributed by atoms with Crippen LogP contribution in [0, 0.1) is 11.8 Å².